The number of aromatic nitrogens is 3. The number of benzene rings is 1. The number of hydrogen-bond acceptors (Lipinski definition) is 3. The minimum Gasteiger partial charge on any atom is -0.343 e. The lowest BCUT2D eigenvalue weighted by molar-refractivity contribution is -0.117. The Bertz CT molecular complexity index is 625. The number of hydrogen-bond donors (Lipinski definition) is 2. The van der Waals surface area contributed by atoms with Crippen molar-refractivity contribution in [1.29, 1.82) is 0 Å². The second-order valence-corrected chi connectivity index (χ2v) is 4.92. The Hall–Kier alpha value is -1.85. The van der Waals surface area contributed by atoms with Crippen LogP contribution in [0.2, 0.25) is 10.0 Å². The van der Waals surface area contributed by atoms with Crippen molar-refractivity contribution < 1.29 is 4.79 Å². The van der Waals surface area contributed by atoms with E-state index in [1.165, 1.54) is 12.4 Å². The van der Waals surface area contributed by atoms with Crippen LogP contribution >= 0.6 is 23.2 Å². The lowest BCUT2D eigenvalue weighted by Crippen LogP contribution is -2.25. The average molecular weight is 311 g/mol. The van der Waals surface area contributed by atoms with Gasteiger partial charge in [-0.15, -0.1) is 0 Å². The summed E-state index contributed by atoms with van der Waals surface area (Å²) < 4.78 is 0. The summed E-state index contributed by atoms with van der Waals surface area (Å²) in [6, 6.07) is 4.90. The molecular formula is C13H12Cl2N4O. The van der Waals surface area contributed by atoms with Crippen LogP contribution in [0.5, 0.6) is 0 Å². The summed E-state index contributed by atoms with van der Waals surface area (Å²) in [5.41, 5.74) is 0.793. The van der Waals surface area contributed by atoms with Gasteiger partial charge in [-0.05, 0) is 30.7 Å². The highest BCUT2D eigenvalue weighted by molar-refractivity contribution is 6.42. The summed E-state index contributed by atoms with van der Waals surface area (Å²) in [7, 11) is 0. The SMILES string of the molecule is CC(NC(=O)/C=C/c1ccc(Cl)c(Cl)c1)c1ncn[nH]1. The van der Waals surface area contributed by atoms with Gasteiger partial charge in [0.15, 0.2) is 0 Å². The van der Waals surface area contributed by atoms with E-state index in [9.17, 15) is 4.79 Å². The molecule has 1 unspecified atom stereocenters. The largest absolute Gasteiger partial charge is 0.343 e. The van der Waals surface area contributed by atoms with Crippen LogP contribution in [0, 0.1) is 0 Å². The maximum atomic E-state index is 11.8. The Balaban J connectivity index is 1.97. The van der Waals surface area contributed by atoms with Crippen molar-refractivity contribution in [3.8, 4) is 0 Å². The van der Waals surface area contributed by atoms with Gasteiger partial charge in [0.05, 0.1) is 16.1 Å². The van der Waals surface area contributed by atoms with Crippen molar-refractivity contribution in [3.63, 3.8) is 0 Å². The number of rotatable bonds is 4. The van der Waals surface area contributed by atoms with Crippen LogP contribution in [0.1, 0.15) is 24.4 Å². The van der Waals surface area contributed by atoms with Gasteiger partial charge in [-0.1, -0.05) is 29.3 Å². The van der Waals surface area contributed by atoms with E-state index in [2.05, 4.69) is 20.5 Å². The lowest BCUT2D eigenvalue weighted by Gasteiger charge is -2.08. The monoisotopic (exact) mass is 310 g/mol. The van der Waals surface area contributed by atoms with Gasteiger partial charge in [0.1, 0.15) is 12.2 Å². The van der Waals surface area contributed by atoms with Crippen molar-refractivity contribution in [2.75, 3.05) is 0 Å². The van der Waals surface area contributed by atoms with Gasteiger partial charge in [0, 0.05) is 6.08 Å². The molecular weight excluding hydrogens is 299 g/mol. The van der Waals surface area contributed by atoms with Gasteiger partial charge in [-0.3, -0.25) is 9.89 Å². The van der Waals surface area contributed by atoms with E-state index in [4.69, 9.17) is 23.2 Å². The molecule has 0 saturated carbocycles. The second-order valence-electron chi connectivity index (χ2n) is 4.11. The third kappa shape index (κ3) is 3.82. The summed E-state index contributed by atoms with van der Waals surface area (Å²) in [6.07, 6.45) is 4.47. The van der Waals surface area contributed by atoms with Crippen LogP contribution in [0.3, 0.4) is 0 Å². The van der Waals surface area contributed by atoms with Gasteiger partial charge in [0.2, 0.25) is 5.91 Å². The van der Waals surface area contributed by atoms with Gasteiger partial charge in [-0.25, -0.2) is 4.98 Å². The van der Waals surface area contributed by atoms with Crippen LogP contribution in [0.4, 0.5) is 0 Å². The fourth-order valence-corrected chi connectivity index (χ4v) is 1.85. The predicted molar refractivity (Wildman–Crippen MR) is 78.4 cm³/mol. The topological polar surface area (TPSA) is 70.7 Å². The Morgan fingerprint density at radius 2 is 2.20 bits per heavy atom. The van der Waals surface area contributed by atoms with Gasteiger partial charge in [-0.2, -0.15) is 5.10 Å². The van der Waals surface area contributed by atoms with Crippen molar-refractivity contribution in [2.24, 2.45) is 0 Å². The summed E-state index contributed by atoms with van der Waals surface area (Å²) >= 11 is 11.7. The quantitative estimate of drug-likeness (QED) is 0.853. The minimum absolute atomic E-state index is 0.236. The number of carbonyl (C=O) groups is 1. The zero-order valence-electron chi connectivity index (χ0n) is 10.6. The molecule has 1 heterocycles. The smallest absolute Gasteiger partial charge is 0.244 e. The summed E-state index contributed by atoms with van der Waals surface area (Å²) in [6.45, 7) is 1.81. The van der Waals surface area contributed by atoms with Crippen molar-refractivity contribution in [2.45, 2.75) is 13.0 Å². The van der Waals surface area contributed by atoms with Crippen LogP contribution in [-0.2, 0) is 4.79 Å². The van der Waals surface area contributed by atoms with Gasteiger partial charge < -0.3 is 5.32 Å². The van der Waals surface area contributed by atoms with E-state index < -0.39 is 0 Å². The van der Waals surface area contributed by atoms with E-state index in [1.54, 1.807) is 24.3 Å². The molecule has 0 radical (unpaired) electrons. The molecule has 1 amide bonds. The molecule has 1 aromatic carbocycles. The average Bonchev–Trinajstić information content (AvgIpc) is 2.94. The molecule has 2 aromatic rings. The molecule has 104 valence electrons. The molecule has 5 nitrogen and oxygen atoms in total. The first-order chi connectivity index (χ1) is 9.56. The van der Waals surface area contributed by atoms with Crippen molar-refractivity contribution in [3.05, 3.63) is 52.0 Å². The first kappa shape index (κ1) is 14.6. The van der Waals surface area contributed by atoms with Crippen molar-refractivity contribution >= 4 is 35.2 Å². The number of halogens is 2. The normalized spacial score (nSPS) is 12.6. The molecule has 20 heavy (non-hydrogen) atoms. The zero-order valence-corrected chi connectivity index (χ0v) is 12.1. The number of carbonyl (C=O) groups excluding carboxylic acids is 1. The number of nitrogens with one attached hydrogen (secondary N) is 2. The lowest BCUT2D eigenvalue weighted by atomic mass is 10.2. The molecule has 1 aromatic heterocycles. The summed E-state index contributed by atoms with van der Waals surface area (Å²) in [5.74, 6) is 0.362. The molecule has 1 atom stereocenters. The molecule has 0 aliphatic rings. The van der Waals surface area contributed by atoms with E-state index in [0.717, 1.165) is 5.56 Å². The molecule has 0 aliphatic heterocycles. The molecule has 0 bridgehead atoms. The van der Waals surface area contributed by atoms with Crippen molar-refractivity contribution in [1.82, 2.24) is 20.5 Å². The maximum Gasteiger partial charge on any atom is 0.244 e. The highest BCUT2D eigenvalue weighted by atomic mass is 35.5. The first-order valence-electron chi connectivity index (χ1n) is 5.85. The minimum atomic E-state index is -0.247. The van der Waals surface area contributed by atoms with Gasteiger partial charge in [0.25, 0.3) is 0 Å². The Kier molecular flexibility index (Phi) is 4.76. The third-order valence-corrected chi connectivity index (χ3v) is 3.31. The molecule has 7 heteroatoms. The number of amides is 1. The van der Waals surface area contributed by atoms with Crippen LogP contribution in [0.25, 0.3) is 6.08 Å². The zero-order chi connectivity index (χ0) is 14.5. The van der Waals surface area contributed by atoms with Crippen LogP contribution in [-0.4, -0.2) is 21.1 Å². The fraction of sp³-hybridized carbons (Fsp3) is 0.154. The van der Waals surface area contributed by atoms with E-state index in [1.807, 2.05) is 6.92 Å². The molecule has 0 saturated heterocycles. The molecule has 0 spiro atoms. The Morgan fingerprint density at radius 3 is 2.85 bits per heavy atom. The first-order valence-corrected chi connectivity index (χ1v) is 6.61. The Labute approximate surface area is 126 Å². The predicted octanol–water partition coefficient (Wildman–Crippen LogP) is 3.00. The van der Waals surface area contributed by atoms with E-state index in [-0.39, 0.29) is 11.9 Å². The maximum absolute atomic E-state index is 11.8. The highest BCUT2D eigenvalue weighted by Crippen LogP contribution is 2.23. The number of H-pyrrole nitrogens is 1. The van der Waals surface area contributed by atoms with Gasteiger partial charge >= 0.3 is 0 Å². The summed E-state index contributed by atoms with van der Waals surface area (Å²) in [4.78, 5) is 15.7. The number of aromatic amines is 1. The molecule has 2 rings (SSSR count). The van der Waals surface area contributed by atoms with E-state index >= 15 is 0 Å². The van der Waals surface area contributed by atoms with Crippen LogP contribution < -0.4 is 5.32 Å². The Morgan fingerprint density at radius 1 is 1.40 bits per heavy atom. The standard InChI is InChI=1S/C13H12Cl2N4O/c1-8(13-16-7-17-19-13)18-12(20)5-3-9-2-4-10(14)11(15)6-9/h2-8H,1H3,(H,18,20)(H,16,17,19)/b5-3+. The molecule has 0 fully saturated rings. The van der Waals surface area contributed by atoms with E-state index in [0.29, 0.717) is 15.9 Å². The van der Waals surface area contributed by atoms with Crippen LogP contribution in [0.15, 0.2) is 30.6 Å². The fourth-order valence-electron chi connectivity index (χ4n) is 1.54. The summed E-state index contributed by atoms with van der Waals surface area (Å²) in [5, 5.41) is 10.1. The molecule has 0 aliphatic carbocycles. The third-order valence-electron chi connectivity index (χ3n) is 2.57. The highest BCUT2D eigenvalue weighted by Gasteiger charge is 2.09. The number of nitrogens with zero attached hydrogens (tertiary/aromatic N) is 2. The second kappa shape index (κ2) is 6.54. The molecule has 2 N–H and O–H groups in total.